The molecule has 4 aliphatic rings. The normalized spacial score (nSPS) is 52.0. The van der Waals surface area contributed by atoms with Crippen LogP contribution in [0.1, 0.15) is 0 Å². The van der Waals surface area contributed by atoms with Crippen LogP contribution in [0.2, 0.25) is 0 Å². The first-order chi connectivity index (χ1) is 8.95. The molecule has 0 aromatic carbocycles. The third-order valence-corrected chi connectivity index (χ3v) is 4.98. The molecule has 4 rings (SSSR count). The molecule has 6 N–H and O–H groups in total. The highest BCUT2D eigenvalue weighted by atomic mass is 15.3. The van der Waals surface area contributed by atoms with Crippen LogP contribution in [0.3, 0.4) is 0 Å². The zero-order valence-corrected chi connectivity index (χ0v) is 10.7. The summed E-state index contributed by atoms with van der Waals surface area (Å²) in [6, 6.07) is 3.20. The lowest BCUT2D eigenvalue weighted by molar-refractivity contribution is 0.0704. The Balaban J connectivity index is 1.64. The van der Waals surface area contributed by atoms with Crippen molar-refractivity contribution in [3.05, 3.63) is 0 Å². The molecular weight excluding hydrogens is 228 g/mol. The van der Waals surface area contributed by atoms with Crippen LogP contribution in [0.25, 0.3) is 0 Å². The smallest absolute Gasteiger partial charge is 0.0408 e. The second kappa shape index (κ2) is 4.70. The van der Waals surface area contributed by atoms with Crippen LogP contribution in [0.15, 0.2) is 0 Å². The van der Waals surface area contributed by atoms with E-state index in [4.69, 9.17) is 0 Å². The Morgan fingerprint density at radius 2 is 0.500 bits per heavy atom. The summed E-state index contributed by atoms with van der Waals surface area (Å²) in [5.74, 6) is 0. The highest BCUT2D eigenvalue weighted by Crippen LogP contribution is 2.25. The maximum Gasteiger partial charge on any atom is 0.0408 e. The molecule has 0 aromatic rings. The largest absolute Gasteiger partial charge is 0.310 e. The van der Waals surface area contributed by atoms with E-state index in [0.717, 1.165) is 39.3 Å². The topological polar surface area (TPSA) is 72.2 Å². The standard InChI is InChI=1S/C12H24N6/c1-2-14-8-7(13-1)9-11(17-4-3-15-9)12-10(8)16-5-6-18-12/h7-18H,1-6H2. The van der Waals surface area contributed by atoms with Gasteiger partial charge >= 0.3 is 0 Å². The molecule has 0 aromatic heterocycles. The van der Waals surface area contributed by atoms with Crippen molar-refractivity contribution in [3.8, 4) is 0 Å². The van der Waals surface area contributed by atoms with Crippen LogP contribution >= 0.6 is 0 Å². The van der Waals surface area contributed by atoms with E-state index in [0.29, 0.717) is 36.3 Å². The first kappa shape index (κ1) is 11.6. The van der Waals surface area contributed by atoms with E-state index >= 15 is 0 Å². The van der Waals surface area contributed by atoms with Gasteiger partial charge in [0, 0.05) is 75.5 Å². The Morgan fingerprint density at radius 3 is 0.667 bits per heavy atom. The maximum atomic E-state index is 3.72. The average molecular weight is 252 g/mol. The van der Waals surface area contributed by atoms with E-state index in [-0.39, 0.29) is 0 Å². The summed E-state index contributed by atoms with van der Waals surface area (Å²) < 4.78 is 0. The molecular formula is C12H24N6. The van der Waals surface area contributed by atoms with Gasteiger partial charge in [0.05, 0.1) is 0 Å². The van der Waals surface area contributed by atoms with Gasteiger partial charge in [0.25, 0.3) is 0 Å². The third kappa shape index (κ3) is 1.71. The SMILES string of the molecule is C1CNC2C(N1)C1NCCNC1C1NCCNC21. The van der Waals surface area contributed by atoms with Crippen LogP contribution in [0.4, 0.5) is 0 Å². The lowest BCUT2D eigenvalue weighted by atomic mass is 9.73. The van der Waals surface area contributed by atoms with E-state index in [1.165, 1.54) is 0 Å². The lowest BCUT2D eigenvalue weighted by Gasteiger charge is -2.57. The predicted octanol–water partition coefficient (Wildman–Crippen LogP) is -3.21. The van der Waals surface area contributed by atoms with Gasteiger partial charge < -0.3 is 31.9 Å². The number of nitrogens with one attached hydrogen (secondary N) is 6. The molecule has 3 aliphatic heterocycles. The fraction of sp³-hybridized carbons (Fsp3) is 1.00. The van der Waals surface area contributed by atoms with E-state index in [2.05, 4.69) is 31.9 Å². The third-order valence-electron chi connectivity index (χ3n) is 4.98. The minimum atomic E-state index is 0.533. The zero-order chi connectivity index (χ0) is 11.9. The van der Waals surface area contributed by atoms with E-state index < -0.39 is 0 Å². The van der Waals surface area contributed by atoms with Crippen molar-refractivity contribution in [3.63, 3.8) is 0 Å². The van der Waals surface area contributed by atoms with E-state index in [1.807, 2.05) is 0 Å². The van der Waals surface area contributed by atoms with Gasteiger partial charge in [0.2, 0.25) is 0 Å². The van der Waals surface area contributed by atoms with Crippen LogP contribution in [0, 0.1) is 0 Å². The van der Waals surface area contributed by atoms with Gasteiger partial charge in [-0.2, -0.15) is 0 Å². The van der Waals surface area contributed by atoms with Gasteiger partial charge in [-0.15, -0.1) is 0 Å². The molecule has 3 heterocycles. The Kier molecular flexibility index (Phi) is 3.02. The Morgan fingerprint density at radius 1 is 0.333 bits per heavy atom. The summed E-state index contributed by atoms with van der Waals surface area (Å²) in [5.41, 5.74) is 0. The lowest BCUT2D eigenvalue weighted by Crippen LogP contribution is -2.85. The summed E-state index contributed by atoms with van der Waals surface area (Å²) in [4.78, 5) is 0. The minimum Gasteiger partial charge on any atom is -0.310 e. The van der Waals surface area contributed by atoms with Crippen molar-refractivity contribution >= 4 is 0 Å². The minimum absolute atomic E-state index is 0.533. The molecule has 0 radical (unpaired) electrons. The van der Waals surface area contributed by atoms with Crippen molar-refractivity contribution in [2.24, 2.45) is 0 Å². The summed E-state index contributed by atoms with van der Waals surface area (Å²) in [6.07, 6.45) is 0. The van der Waals surface area contributed by atoms with Crippen LogP contribution in [-0.2, 0) is 0 Å². The highest BCUT2D eigenvalue weighted by molar-refractivity contribution is 5.18. The number of hydrogen-bond donors (Lipinski definition) is 6. The number of hydrogen-bond acceptors (Lipinski definition) is 6. The summed E-state index contributed by atoms with van der Waals surface area (Å²) in [6.45, 7) is 6.48. The molecule has 6 nitrogen and oxygen atoms in total. The quantitative estimate of drug-likeness (QED) is 0.273. The number of fused-ring (bicyclic) bond motifs is 6. The van der Waals surface area contributed by atoms with Gasteiger partial charge in [-0.3, -0.25) is 0 Å². The Labute approximate surface area is 108 Å². The molecule has 6 heteroatoms. The van der Waals surface area contributed by atoms with Crippen LogP contribution in [0.5, 0.6) is 0 Å². The predicted molar refractivity (Wildman–Crippen MR) is 70.7 cm³/mol. The first-order valence-electron chi connectivity index (χ1n) is 7.35. The van der Waals surface area contributed by atoms with Crippen molar-refractivity contribution in [2.45, 2.75) is 36.3 Å². The molecule has 0 spiro atoms. The second-order valence-corrected chi connectivity index (χ2v) is 5.88. The van der Waals surface area contributed by atoms with Gasteiger partial charge in [-0.05, 0) is 0 Å². The summed E-state index contributed by atoms with van der Waals surface area (Å²) in [5, 5.41) is 22.3. The Bertz CT molecular complexity index is 221. The van der Waals surface area contributed by atoms with Crippen molar-refractivity contribution in [2.75, 3.05) is 39.3 Å². The first-order valence-corrected chi connectivity index (χ1v) is 7.35. The maximum absolute atomic E-state index is 3.72. The average Bonchev–Trinajstić information content (AvgIpc) is 2.48. The Hall–Kier alpha value is -0.240. The van der Waals surface area contributed by atoms with Gasteiger partial charge in [0.1, 0.15) is 0 Å². The van der Waals surface area contributed by atoms with Crippen LogP contribution < -0.4 is 31.9 Å². The molecule has 102 valence electrons. The molecule has 4 fully saturated rings. The van der Waals surface area contributed by atoms with E-state index in [1.54, 1.807) is 0 Å². The fourth-order valence-electron chi connectivity index (χ4n) is 4.30. The zero-order valence-electron chi connectivity index (χ0n) is 10.7. The summed E-state index contributed by atoms with van der Waals surface area (Å²) >= 11 is 0. The molecule has 0 bridgehead atoms. The number of piperazine rings is 3. The highest BCUT2D eigenvalue weighted by Gasteiger charge is 2.52. The molecule has 0 amide bonds. The second-order valence-electron chi connectivity index (χ2n) is 5.88. The molecule has 18 heavy (non-hydrogen) atoms. The van der Waals surface area contributed by atoms with Crippen molar-refractivity contribution < 1.29 is 0 Å². The molecule has 0 unspecified atom stereocenters. The van der Waals surface area contributed by atoms with Crippen LogP contribution in [-0.4, -0.2) is 75.5 Å². The molecule has 1 aliphatic carbocycles. The molecule has 1 saturated carbocycles. The number of rotatable bonds is 0. The summed E-state index contributed by atoms with van der Waals surface area (Å²) in [7, 11) is 0. The fourth-order valence-corrected chi connectivity index (χ4v) is 4.30. The van der Waals surface area contributed by atoms with Crippen molar-refractivity contribution in [1.82, 2.24) is 31.9 Å². The monoisotopic (exact) mass is 252 g/mol. The molecule has 0 atom stereocenters. The molecule has 3 saturated heterocycles. The van der Waals surface area contributed by atoms with Crippen molar-refractivity contribution in [1.29, 1.82) is 0 Å². The van der Waals surface area contributed by atoms with E-state index in [9.17, 15) is 0 Å². The van der Waals surface area contributed by atoms with Gasteiger partial charge in [-0.25, -0.2) is 0 Å². The van der Waals surface area contributed by atoms with Gasteiger partial charge in [-0.1, -0.05) is 0 Å². The van der Waals surface area contributed by atoms with Gasteiger partial charge in [0.15, 0.2) is 0 Å².